The predicted octanol–water partition coefficient (Wildman–Crippen LogP) is 2.92. The molecule has 2 aromatic carbocycles. The lowest BCUT2D eigenvalue weighted by Gasteiger charge is -2.27. The average molecular weight is 377 g/mol. The molecule has 1 aliphatic rings. The molecule has 0 unspecified atom stereocenters. The number of rotatable bonds is 5. The van der Waals surface area contributed by atoms with Gasteiger partial charge in [0, 0.05) is 47.4 Å². The third-order valence-corrected chi connectivity index (χ3v) is 4.97. The van der Waals surface area contributed by atoms with Crippen LogP contribution in [-0.2, 0) is 17.8 Å². The van der Waals surface area contributed by atoms with Gasteiger partial charge in [0.25, 0.3) is 0 Å². The zero-order valence-corrected chi connectivity index (χ0v) is 15.8. The number of pyridine rings is 1. The van der Waals surface area contributed by atoms with Gasteiger partial charge < -0.3 is 15.0 Å². The van der Waals surface area contributed by atoms with Crippen molar-refractivity contribution in [2.45, 2.75) is 19.9 Å². The van der Waals surface area contributed by atoms with Crippen molar-refractivity contribution in [1.82, 2.24) is 9.88 Å². The number of aromatic amines is 1. The van der Waals surface area contributed by atoms with Crippen molar-refractivity contribution in [3.8, 4) is 5.75 Å². The van der Waals surface area contributed by atoms with E-state index in [1.54, 1.807) is 0 Å². The molecule has 144 valence electrons. The first kappa shape index (κ1) is 18.3. The Morgan fingerprint density at radius 1 is 1.18 bits per heavy atom. The van der Waals surface area contributed by atoms with Crippen molar-refractivity contribution in [3.63, 3.8) is 0 Å². The summed E-state index contributed by atoms with van der Waals surface area (Å²) in [5, 5.41) is 3.60. The number of nitrogens with zero attached hydrogens (tertiary/aromatic N) is 1. The van der Waals surface area contributed by atoms with Gasteiger partial charge in [-0.3, -0.25) is 14.5 Å². The second-order valence-electron chi connectivity index (χ2n) is 6.92. The van der Waals surface area contributed by atoms with Crippen molar-refractivity contribution >= 4 is 22.5 Å². The van der Waals surface area contributed by atoms with E-state index < -0.39 is 0 Å². The predicted molar refractivity (Wildman–Crippen MR) is 110 cm³/mol. The largest absolute Gasteiger partial charge is 0.494 e. The Morgan fingerprint density at radius 2 is 1.96 bits per heavy atom. The van der Waals surface area contributed by atoms with Crippen LogP contribution in [0.25, 0.3) is 10.9 Å². The highest BCUT2D eigenvalue weighted by molar-refractivity contribution is 5.92. The van der Waals surface area contributed by atoms with Gasteiger partial charge in [0.1, 0.15) is 5.75 Å². The Labute approximate surface area is 163 Å². The number of nitrogens with one attached hydrogen (secondary N) is 2. The highest BCUT2D eigenvalue weighted by Gasteiger charge is 2.22. The third-order valence-electron chi connectivity index (χ3n) is 4.97. The molecule has 4 rings (SSSR count). The summed E-state index contributed by atoms with van der Waals surface area (Å²) in [6.45, 7) is 4.00. The molecule has 1 aliphatic heterocycles. The van der Waals surface area contributed by atoms with E-state index in [1.807, 2.05) is 60.4 Å². The number of hydrogen-bond donors (Lipinski definition) is 2. The molecule has 0 fully saturated rings. The normalized spacial score (nSPS) is 13.9. The zero-order valence-electron chi connectivity index (χ0n) is 15.8. The fraction of sp³-hybridized carbons (Fsp3) is 0.273. The number of para-hydroxylation sites is 1. The van der Waals surface area contributed by atoms with Crippen molar-refractivity contribution in [3.05, 3.63) is 70.0 Å². The first-order valence-electron chi connectivity index (χ1n) is 9.52. The van der Waals surface area contributed by atoms with E-state index in [4.69, 9.17) is 4.74 Å². The summed E-state index contributed by atoms with van der Waals surface area (Å²) in [5.74, 6) is 0.685. The van der Waals surface area contributed by atoms with Gasteiger partial charge in [-0.25, -0.2) is 0 Å². The first-order chi connectivity index (χ1) is 13.6. The molecule has 0 bridgehead atoms. The van der Waals surface area contributed by atoms with Crippen LogP contribution in [0.2, 0.25) is 0 Å². The number of H-pyrrole nitrogens is 1. The fourth-order valence-corrected chi connectivity index (χ4v) is 3.62. The fourth-order valence-electron chi connectivity index (χ4n) is 3.62. The molecule has 0 saturated heterocycles. The topological polar surface area (TPSA) is 74.4 Å². The Hall–Kier alpha value is -3.12. The highest BCUT2D eigenvalue weighted by atomic mass is 16.5. The molecule has 28 heavy (non-hydrogen) atoms. The monoisotopic (exact) mass is 377 g/mol. The number of ether oxygens (including phenoxy) is 1. The van der Waals surface area contributed by atoms with Gasteiger partial charge in [-0.05, 0) is 43.3 Å². The standard InChI is InChI=1S/C22H23N3O3/c1-2-28-16-9-7-15(8-10-16)23-21(26)14-25-12-11-20-18(13-25)22(27)17-5-3-4-6-19(17)24-20/h3-10H,2,11-14H2,1H3,(H,23,26)(H,24,27). The van der Waals surface area contributed by atoms with Crippen LogP contribution in [0, 0.1) is 0 Å². The Kier molecular flexibility index (Phi) is 5.12. The summed E-state index contributed by atoms with van der Waals surface area (Å²) in [5.41, 5.74) is 3.40. The molecule has 0 atom stereocenters. The second-order valence-corrected chi connectivity index (χ2v) is 6.92. The van der Waals surface area contributed by atoms with E-state index in [1.165, 1.54) is 0 Å². The molecule has 0 aliphatic carbocycles. The molecule has 0 saturated carbocycles. The summed E-state index contributed by atoms with van der Waals surface area (Å²) in [6, 6.07) is 14.9. The Morgan fingerprint density at radius 3 is 2.75 bits per heavy atom. The van der Waals surface area contributed by atoms with Crippen molar-refractivity contribution < 1.29 is 9.53 Å². The summed E-state index contributed by atoms with van der Waals surface area (Å²) < 4.78 is 5.41. The number of carbonyl (C=O) groups excluding carboxylic acids is 1. The maximum Gasteiger partial charge on any atom is 0.238 e. The van der Waals surface area contributed by atoms with E-state index in [0.29, 0.717) is 18.5 Å². The number of amides is 1. The average Bonchev–Trinajstić information content (AvgIpc) is 2.70. The number of fused-ring (bicyclic) bond motifs is 2. The van der Waals surface area contributed by atoms with E-state index in [0.717, 1.165) is 41.2 Å². The number of benzene rings is 2. The van der Waals surface area contributed by atoms with Gasteiger partial charge in [0.05, 0.1) is 13.2 Å². The minimum atomic E-state index is -0.0928. The summed E-state index contributed by atoms with van der Waals surface area (Å²) in [7, 11) is 0. The van der Waals surface area contributed by atoms with Crippen LogP contribution in [0.15, 0.2) is 53.3 Å². The van der Waals surface area contributed by atoms with Crippen molar-refractivity contribution in [1.29, 1.82) is 0 Å². The molecular formula is C22H23N3O3. The highest BCUT2D eigenvalue weighted by Crippen LogP contribution is 2.19. The lowest BCUT2D eigenvalue weighted by Crippen LogP contribution is -2.39. The van der Waals surface area contributed by atoms with Gasteiger partial charge in [-0.2, -0.15) is 0 Å². The molecule has 6 heteroatoms. The van der Waals surface area contributed by atoms with Crippen LogP contribution >= 0.6 is 0 Å². The Bertz CT molecular complexity index is 1060. The smallest absolute Gasteiger partial charge is 0.238 e. The first-order valence-corrected chi connectivity index (χ1v) is 9.52. The summed E-state index contributed by atoms with van der Waals surface area (Å²) >= 11 is 0. The maximum absolute atomic E-state index is 12.8. The van der Waals surface area contributed by atoms with Gasteiger partial charge in [0.2, 0.25) is 5.91 Å². The van der Waals surface area contributed by atoms with Gasteiger partial charge in [-0.15, -0.1) is 0 Å². The molecule has 2 heterocycles. The van der Waals surface area contributed by atoms with E-state index in [-0.39, 0.29) is 17.9 Å². The lowest BCUT2D eigenvalue weighted by molar-refractivity contribution is -0.117. The third kappa shape index (κ3) is 3.77. The quantitative estimate of drug-likeness (QED) is 0.717. The van der Waals surface area contributed by atoms with Crippen LogP contribution in [0.1, 0.15) is 18.2 Å². The molecule has 6 nitrogen and oxygen atoms in total. The molecule has 2 N–H and O–H groups in total. The molecule has 3 aromatic rings. The van der Waals surface area contributed by atoms with E-state index in [2.05, 4.69) is 10.3 Å². The van der Waals surface area contributed by atoms with Crippen LogP contribution in [0.3, 0.4) is 0 Å². The van der Waals surface area contributed by atoms with Crippen LogP contribution in [0.5, 0.6) is 5.75 Å². The second kappa shape index (κ2) is 7.86. The molecule has 0 radical (unpaired) electrons. The van der Waals surface area contributed by atoms with Crippen molar-refractivity contribution in [2.24, 2.45) is 0 Å². The maximum atomic E-state index is 12.8. The lowest BCUT2D eigenvalue weighted by atomic mass is 10.0. The van der Waals surface area contributed by atoms with Gasteiger partial charge in [0.15, 0.2) is 5.43 Å². The number of anilines is 1. The van der Waals surface area contributed by atoms with Gasteiger partial charge in [-0.1, -0.05) is 12.1 Å². The minimum absolute atomic E-state index is 0.0565. The van der Waals surface area contributed by atoms with E-state index in [9.17, 15) is 9.59 Å². The van der Waals surface area contributed by atoms with E-state index >= 15 is 0 Å². The Balaban J connectivity index is 1.43. The zero-order chi connectivity index (χ0) is 19.5. The molecular weight excluding hydrogens is 354 g/mol. The molecule has 1 aromatic heterocycles. The summed E-state index contributed by atoms with van der Waals surface area (Å²) in [4.78, 5) is 30.6. The number of carbonyl (C=O) groups is 1. The molecule has 0 spiro atoms. The van der Waals surface area contributed by atoms with Crippen LogP contribution in [0.4, 0.5) is 5.69 Å². The van der Waals surface area contributed by atoms with Gasteiger partial charge >= 0.3 is 0 Å². The van der Waals surface area contributed by atoms with Crippen LogP contribution < -0.4 is 15.5 Å². The van der Waals surface area contributed by atoms with Crippen molar-refractivity contribution in [2.75, 3.05) is 25.0 Å². The summed E-state index contributed by atoms with van der Waals surface area (Å²) in [6.07, 6.45) is 0.728. The van der Waals surface area contributed by atoms with Crippen LogP contribution in [-0.4, -0.2) is 35.5 Å². The number of hydrogen-bond acceptors (Lipinski definition) is 4. The minimum Gasteiger partial charge on any atom is -0.494 e. The molecule has 1 amide bonds. The SMILES string of the molecule is CCOc1ccc(NC(=O)CN2CCc3[nH]c4ccccc4c(=O)c3C2)cc1. The number of aromatic nitrogens is 1.